The fourth-order valence-electron chi connectivity index (χ4n) is 1.50. The zero-order valence-electron chi connectivity index (χ0n) is 10.3. The molecule has 0 saturated heterocycles. The smallest absolute Gasteiger partial charge is 0.350 e. The lowest BCUT2D eigenvalue weighted by atomic mass is 10.2. The Balaban J connectivity index is 2.51. The number of thioether (sulfide) groups is 1. The standard InChI is InChI=1S/C10H14F3N3OS/c1-6-7(2)15-16(3)8(6)9(17)14-4-5-18-10(11,12)13/h4-5H2,1-3H3,(H,14,17). The average molecular weight is 281 g/mol. The van der Waals surface area contributed by atoms with Crippen molar-refractivity contribution in [3.05, 3.63) is 17.0 Å². The van der Waals surface area contributed by atoms with Gasteiger partial charge in [-0.05, 0) is 25.6 Å². The molecule has 0 saturated carbocycles. The van der Waals surface area contributed by atoms with E-state index in [1.165, 1.54) is 4.68 Å². The maximum atomic E-state index is 11.9. The molecule has 0 aliphatic carbocycles. The van der Waals surface area contributed by atoms with Crippen molar-refractivity contribution in [1.82, 2.24) is 15.1 Å². The third-order valence-electron chi connectivity index (χ3n) is 2.39. The number of alkyl halides is 3. The maximum Gasteiger partial charge on any atom is 0.441 e. The zero-order chi connectivity index (χ0) is 13.9. The first kappa shape index (κ1) is 14.9. The van der Waals surface area contributed by atoms with Gasteiger partial charge >= 0.3 is 5.51 Å². The van der Waals surface area contributed by atoms with E-state index in [1.54, 1.807) is 20.9 Å². The highest BCUT2D eigenvalue weighted by atomic mass is 32.2. The van der Waals surface area contributed by atoms with Gasteiger partial charge in [0, 0.05) is 24.9 Å². The van der Waals surface area contributed by atoms with Crippen LogP contribution in [0.3, 0.4) is 0 Å². The van der Waals surface area contributed by atoms with Crippen LogP contribution in [-0.2, 0) is 7.05 Å². The average Bonchev–Trinajstić information content (AvgIpc) is 2.47. The number of aryl methyl sites for hydroxylation is 2. The highest BCUT2D eigenvalue weighted by Crippen LogP contribution is 2.29. The van der Waals surface area contributed by atoms with E-state index < -0.39 is 11.4 Å². The second-order valence-electron chi connectivity index (χ2n) is 3.73. The van der Waals surface area contributed by atoms with E-state index in [0.717, 1.165) is 11.3 Å². The van der Waals surface area contributed by atoms with Crippen molar-refractivity contribution >= 4 is 17.7 Å². The summed E-state index contributed by atoms with van der Waals surface area (Å²) in [5, 5.41) is 6.52. The predicted octanol–water partition coefficient (Wildman–Crippen LogP) is 2.02. The minimum atomic E-state index is -4.26. The summed E-state index contributed by atoms with van der Waals surface area (Å²) in [6.07, 6.45) is 0. The van der Waals surface area contributed by atoms with Crippen LogP contribution in [0.2, 0.25) is 0 Å². The Bertz CT molecular complexity index is 442. The Morgan fingerprint density at radius 1 is 1.44 bits per heavy atom. The van der Waals surface area contributed by atoms with Crippen LogP contribution in [0.25, 0.3) is 0 Å². The topological polar surface area (TPSA) is 46.9 Å². The Kier molecular flexibility index (Phi) is 4.66. The molecule has 1 amide bonds. The molecule has 0 bridgehead atoms. The van der Waals surface area contributed by atoms with Crippen LogP contribution in [0.4, 0.5) is 13.2 Å². The minimum absolute atomic E-state index is 0.0350. The molecule has 0 unspecified atom stereocenters. The van der Waals surface area contributed by atoms with E-state index in [-0.39, 0.29) is 24.1 Å². The van der Waals surface area contributed by atoms with Crippen LogP contribution in [-0.4, -0.2) is 33.5 Å². The van der Waals surface area contributed by atoms with Gasteiger partial charge in [-0.1, -0.05) is 0 Å². The van der Waals surface area contributed by atoms with E-state index in [1.807, 2.05) is 0 Å². The number of amides is 1. The number of carbonyl (C=O) groups is 1. The number of halogens is 3. The van der Waals surface area contributed by atoms with Gasteiger partial charge in [0.25, 0.3) is 5.91 Å². The van der Waals surface area contributed by atoms with Crippen molar-refractivity contribution < 1.29 is 18.0 Å². The first-order chi connectivity index (χ1) is 8.22. The van der Waals surface area contributed by atoms with E-state index in [2.05, 4.69) is 10.4 Å². The van der Waals surface area contributed by atoms with Gasteiger partial charge < -0.3 is 5.32 Å². The molecule has 1 N–H and O–H groups in total. The van der Waals surface area contributed by atoms with Gasteiger partial charge in [0.15, 0.2) is 0 Å². The van der Waals surface area contributed by atoms with E-state index in [0.29, 0.717) is 5.69 Å². The summed E-state index contributed by atoms with van der Waals surface area (Å²) < 4.78 is 37.0. The number of aromatic nitrogens is 2. The molecule has 0 spiro atoms. The molecule has 1 heterocycles. The Labute approximate surface area is 107 Å². The molecule has 0 fully saturated rings. The molecule has 1 aromatic rings. The van der Waals surface area contributed by atoms with Gasteiger partial charge in [-0.3, -0.25) is 9.48 Å². The lowest BCUT2D eigenvalue weighted by Crippen LogP contribution is -2.28. The van der Waals surface area contributed by atoms with Crippen molar-refractivity contribution in [3.8, 4) is 0 Å². The number of nitrogens with zero attached hydrogens (tertiary/aromatic N) is 2. The van der Waals surface area contributed by atoms with Crippen molar-refractivity contribution in [2.75, 3.05) is 12.3 Å². The third kappa shape index (κ3) is 3.94. The molecule has 102 valence electrons. The van der Waals surface area contributed by atoms with Gasteiger partial charge in [-0.2, -0.15) is 18.3 Å². The summed E-state index contributed by atoms with van der Waals surface area (Å²) in [4.78, 5) is 11.8. The van der Waals surface area contributed by atoms with E-state index >= 15 is 0 Å². The number of rotatable bonds is 4. The molecular formula is C10H14F3N3OS. The van der Waals surface area contributed by atoms with Gasteiger partial charge in [0.05, 0.1) is 5.69 Å². The Hall–Kier alpha value is -1.18. The van der Waals surface area contributed by atoms with Crippen LogP contribution in [0, 0.1) is 13.8 Å². The molecule has 4 nitrogen and oxygen atoms in total. The summed E-state index contributed by atoms with van der Waals surface area (Å²) >= 11 is -0.153. The van der Waals surface area contributed by atoms with Crippen LogP contribution in [0.1, 0.15) is 21.7 Å². The monoisotopic (exact) mass is 281 g/mol. The lowest BCUT2D eigenvalue weighted by Gasteiger charge is -2.07. The van der Waals surface area contributed by atoms with Gasteiger partial charge in [0.2, 0.25) is 0 Å². The quantitative estimate of drug-likeness (QED) is 0.859. The molecule has 1 rings (SSSR count). The Morgan fingerprint density at radius 2 is 2.06 bits per heavy atom. The van der Waals surface area contributed by atoms with Crippen LogP contribution in [0.15, 0.2) is 0 Å². The van der Waals surface area contributed by atoms with Gasteiger partial charge in [-0.15, -0.1) is 0 Å². The molecular weight excluding hydrogens is 267 g/mol. The van der Waals surface area contributed by atoms with Crippen LogP contribution >= 0.6 is 11.8 Å². The van der Waals surface area contributed by atoms with Crippen molar-refractivity contribution in [1.29, 1.82) is 0 Å². The van der Waals surface area contributed by atoms with Crippen LogP contribution in [0.5, 0.6) is 0 Å². The fraction of sp³-hybridized carbons (Fsp3) is 0.600. The van der Waals surface area contributed by atoms with Crippen molar-refractivity contribution in [2.24, 2.45) is 7.05 Å². The van der Waals surface area contributed by atoms with Crippen molar-refractivity contribution in [3.63, 3.8) is 0 Å². The molecule has 0 radical (unpaired) electrons. The molecule has 0 aromatic carbocycles. The summed E-state index contributed by atoms with van der Waals surface area (Å²) in [5.41, 5.74) is -2.42. The molecule has 8 heteroatoms. The largest absolute Gasteiger partial charge is 0.441 e. The first-order valence-electron chi connectivity index (χ1n) is 5.21. The summed E-state index contributed by atoms with van der Waals surface area (Å²) in [5.74, 6) is -0.608. The predicted molar refractivity (Wildman–Crippen MR) is 63.5 cm³/mol. The highest BCUT2D eigenvalue weighted by Gasteiger charge is 2.27. The molecule has 0 atom stereocenters. The number of hydrogen-bond acceptors (Lipinski definition) is 3. The second kappa shape index (κ2) is 5.64. The zero-order valence-corrected chi connectivity index (χ0v) is 11.1. The van der Waals surface area contributed by atoms with E-state index in [9.17, 15) is 18.0 Å². The fourth-order valence-corrected chi connectivity index (χ4v) is 1.93. The Morgan fingerprint density at radius 3 is 2.50 bits per heavy atom. The van der Waals surface area contributed by atoms with Gasteiger partial charge in [0.1, 0.15) is 5.69 Å². The number of hydrogen-bond donors (Lipinski definition) is 1. The number of nitrogens with one attached hydrogen (secondary N) is 1. The van der Waals surface area contributed by atoms with Crippen LogP contribution < -0.4 is 5.32 Å². The second-order valence-corrected chi connectivity index (χ2v) is 4.89. The first-order valence-corrected chi connectivity index (χ1v) is 6.20. The van der Waals surface area contributed by atoms with E-state index in [4.69, 9.17) is 0 Å². The SMILES string of the molecule is Cc1nn(C)c(C(=O)NCCSC(F)(F)F)c1C. The minimum Gasteiger partial charge on any atom is -0.350 e. The molecule has 0 aliphatic rings. The molecule has 1 aromatic heterocycles. The molecule has 18 heavy (non-hydrogen) atoms. The maximum absolute atomic E-state index is 11.9. The molecule has 0 aliphatic heterocycles. The highest BCUT2D eigenvalue weighted by molar-refractivity contribution is 8.00. The third-order valence-corrected chi connectivity index (χ3v) is 3.13. The van der Waals surface area contributed by atoms with Crippen molar-refractivity contribution in [2.45, 2.75) is 19.4 Å². The normalized spacial score (nSPS) is 11.7. The number of carbonyl (C=O) groups excluding carboxylic acids is 1. The summed E-state index contributed by atoms with van der Waals surface area (Å²) in [6.45, 7) is 3.49. The summed E-state index contributed by atoms with van der Waals surface area (Å²) in [6, 6.07) is 0. The summed E-state index contributed by atoms with van der Waals surface area (Å²) in [7, 11) is 1.62. The lowest BCUT2D eigenvalue weighted by molar-refractivity contribution is -0.0327. The van der Waals surface area contributed by atoms with Gasteiger partial charge in [-0.25, -0.2) is 0 Å².